The molecule has 1 amide bonds. The first-order chi connectivity index (χ1) is 7.76. The van der Waals surface area contributed by atoms with Crippen LogP contribution in [-0.2, 0) is 11.3 Å². The predicted octanol–water partition coefficient (Wildman–Crippen LogP) is 1.47. The summed E-state index contributed by atoms with van der Waals surface area (Å²) in [4.78, 5) is 12.4. The Labute approximate surface area is 100 Å². The molecule has 0 spiro atoms. The number of carbonyl (C=O) groups is 1. The summed E-state index contributed by atoms with van der Waals surface area (Å²) in [5, 5.41) is 4.84. The van der Waals surface area contributed by atoms with Crippen LogP contribution in [0.15, 0.2) is 11.4 Å². The van der Waals surface area contributed by atoms with Gasteiger partial charge in [-0.05, 0) is 12.5 Å². The van der Waals surface area contributed by atoms with Crippen LogP contribution in [0.2, 0.25) is 0 Å². The third-order valence-electron chi connectivity index (χ3n) is 1.93. The molecular weight excluding hydrogens is 220 g/mol. The van der Waals surface area contributed by atoms with E-state index in [0.29, 0.717) is 19.5 Å². The molecule has 0 aliphatic carbocycles. The van der Waals surface area contributed by atoms with E-state index in [0.717, 1.165) is 16.9 Å². The van der Waals surface area contributed by atoms with E-state index >= 15 is 0 Å². The SMILES string of the molecule is CCCC(=O)NCc1cc(C#CCN)cs1. The van der Waals surface area contributed by atoms with Crippen LogP contribution >= 0.6 is 11.3 Å². The fourth-order valence-electron chi connectivity index (χ4n) is 1.19. The molecule has 0 unspecified atom stereocenters. The second-order valence-electron chi connectivity index (χ2n) is 3.33. The van der Waals surface area contributed by atoms with E-state index in [1.165, 1.54) is 0 Å². The molecule has 0 aliphatic heterocycles. The van der Waals surface area contributed by atoms with Gasteiger partial charge < -0.3 is 11.1 Å². The van der Waals surface area contributed by atoms with Crippen LogP contribution in [0, 0.1) is 11.8 Å². The highest BCUT2D eigenvalue weighted by molar-refractivity contribution is 7.10. The number of hydrogen-bond acceptors (Lipinski definition) is 3. The normalized spacial score (nSPS) is 9.38. The van der Waals surface area contributed by atoms with Crippen LogP contribution < -0.4 is 11.1 Å². The molecule has 0 aromatic carbocycles. The Hall–Kier alpha value is -1.31. The maximum absolute atomic E-state index is 11.2. The number of nitrogens with two attached hydrogens (primary N) is 1. The topological polar surface area (TPSA) is 55.1 Å². The highest BCUT2D eigenvalue weighted by atomic mass is 32.1. The Morgan fingerprint density at radius 3 is 3.12 bits per heavy atom. The lowest BCUT2D eigenvalue weighted by Crippen LogP contribution is -2.21. The van der Waals surface area contributed by atoms with Gasteiger partial charge in [0.2, 0.25) is 5.91 Å². The molecule has 1 aromatic rings. The predicted molar refractivity (Wildman–Crippen MR) is 67.0 cm³/mol. The summed E-state index contributed by atoms with van der Waals surface area (Å²) in [6, 6.07) is 1.99. The van der Waals surface area contributed by atoms with Crippen molar-refractivity contribution in [3.8, 4) is 11.8 Å². The van der Waals surface area contributed by atoms with Gasteiger partial charge in [0.25, 0.3) is 0 Å². The quantitative estimate of drug-likeness (QED) is 0.778. The minimum absolute atomic E-state index is 0.102. The van der Waals surface area contributed by atoms with Crippen molar-refractivity contribution in [2.75, 3.05) is 6.54 Å². The van der Waals surface area contributed by atoms with Crippen molar-refractivity contribution in [3.63, 3.8) is 0 Å². The van der Waals surface area contributed by atoms with Crippen molar-refractivity contribution in [1.29, 1.82) is 0 Å². The number of thiophene rings is 1. The summed E-state index contributed by atoms with van der Waals surface area (Å²) in [5.74, 6) is 5.86. The fraction of sp³-hybridized carbons (Fsp3) is 0.417. The molecule has 86 valence electrons. The van der Waals surface area contributed by atoms with E-state index in [-0.39, 0.29) is 5.91 Å². The fourth-order valence-corrected chi connectivity index (χ4v) is 1.95. The van der Waals surface area contributed by atoms with Crippen molar-refractivity contribution in [1.82, 2.24) is 5.32 Å². The minimum Gasteiger partial charge on any atom is -0.351 e. The lowest BCUT2D eigenvalue weighted by molar-refractivity contribution is -0.121. The number of amides is 1. The van der Waals surface area contributed by atoms with Gasteiger partial charge in [-0.3, -0.25) is 4.79 Å². The number of carbonyl (C=O) groups excluding carboxylic acids is 1. The van der Waals surface area contributed by atoms with Gasteiger partial charge in [-0.2, -0.15) is 0 Å². The van der Waals surface area contributed by atoms with Crippen LogP contribution in [-0.4, -0.2) is 12.5 Å². The molecule has 4 heteroatoms. The Morgan fingerprint density at radius 1 is 1.62 bits per heavy atom. The molecule has 1 aromatic heterocycles. The van der Waals surface area contributed by atoms with Crippen LogP contribution in [0.3, 0.4) is 0 Å². The Balaban J connectivity index is 2.43. The zero-order valence-electron chi connectivity index (χ0n) is 9.38. The van der Waals surface area contributed by atoms with Crippen molar-refractivity contribution >= 4 is 17.2 Å². The largest absolute Gasteiger partial charge is 0.351 e. The van der Waals surface area contributed by atoms with Crippen LogP contribution in [0.5, 0.6) is 0 Å². The zero-order valence-corrected chi connectivity index (χ0v) is 10.2. The first-order valence-corrected chi connectivity index (χ1v) is 6.17. The first-order valence-electron chi connectivity index (χ1n) is 5.29. The summed E-state index contributed by atoms with van der Waals surface area (Å²) >= 11 is 1.60. The van der Waals surface area contributed by atoms with Gasteiger partial charge in [-0.15, -0.1) is 11.3 Å². The third kappa shape index (κ3) is 4.47. The molecule has 0 bridgehead atoms. The van der Waals surface area contributed by atoms with E-state index in [9.17, 15) is 4.79 Å². The second kappa shape index (κ2) is 7.04. The van der Waals surface area contributed by atoms with Crippen molar-refractivity contribution in [3.05, 3.63) is 21.9 Å². The number of nitrogens with one attached hydrogen (secondary N) is 1. The summed E-state index contributed by atoms with van der Waals surface area (Å²) in [5.41, 5.74) is 6.26. The van der Waals surface area contributed by atoms with Gasteiger partial charge in [-0.1, -0.05) is 18.8 Å². The van der Waals surface area contributed by atoms with Crippen LogP contribution in [0.4, 0.5) is 0 Å². The van der Waals surface area contributed by atoms with Crippen molar-refractivity contribution in [2.24, 2.45) is 5.73 Å². The van der Waals surface area contributed by atoms with E-state index in [1.807, 2.05) is 18.4 Å². The Kier molecular flexibility index (Phi) is 5.62. The van der Waals surface area contributed by atoms with Crippen LogP contribution in [0.25, 0.3) is 0 Å². The van der Waals surface area contributed by atoms with E-state index in [4.69, 9.17) is 5.73 Å². The highest BCUT2D eigenvalue weighted by Gasteiger charge is 2.01. The highest BCUT2D eigenvalue weighted by Crippen LogP contribution is 2.13. The maximum Gasteiger partial charge on any atom is 0.220 e. The van der Waals surface area contributed by atoms with E-state index in [1.54, 1.807) is 11.3 Å². The van der Waals surface area contributed by atoms with E-state index < -0.39 is 0 Å². The van der Waals surface area contributed by atoms with Crippen molar-refractivity contribution < 1.29 is 4.79 Å². The lowest BCUT2D eigenvalue weighted by Gasteiger charge is -2.00. The average Bonchev–Trinajstić information content (AvgIpc) is 2.72. The monoisotopic (exact) mass is 236 g/mol. The zero-order chi connectivity index (χ0) is 11.8. The summed E-state index contributed by atoms with van der Waals surface area (Å²) in [7, 11) is 0. The van der Waals surface area contributed by atoms with E-state index in [2.05, 4.69) is 17.2 Å². The molecule has 0 saturated heterocycles. The number of rotatable bonds is 4. The second-order valence-corrected chi connectivity index (χ2v) is 4.33. The molecular formula is C12H16N2OS. The lowest BCUT2D eigenvalue weighted by atomic mass is 10.3. The molecule has 1 rings (SSSR count). The number of hydrogen-bond donors (Lipinski definition) is 2. The molecule has 0 aliphatic rings. The van der Waals surface area contributed by atoms with Gasteiger partial charge in [0.15, 0.2) is 0 Å². The summed E-state index contributed by atoms with van der Waals surface area (Å²) in [6.45, 7) is 2.96. The first kappa shape index (κ1) is 12.8. The molecule has 0 radical (unpaired) electrons. The Morgan fingerprint density at radius 2 is 2.44 bits per heavy atom. The summed E-state index contributed by atoms with van der Waals surface area (Å²) < 4.78 is 0. The van der Waals surface area contributed by atoms with Gasteiger partial charge in [0.05, 0.1) is 13.1 Å². The molecule has 3 nitrogen and oxygen atoms in total. The Bertz CT molecular complexity index is 401. The molecule has 0 atom stereocenters. The molecule has 0 saturated carbocycles. The van der Waals surface area contributed by atoms with Crippen molar-refractivity contribution in [2.45, 2.75) is 26.3 Å². The maximum atomic E-state index is 11.2. The average molecular weight is 236 g/mol. The molecule has 1 heterocycles. The third-order valence-corrected chi connectivity index (χ3v) is 2.86. The van der Waals surface area contributed by atoms with Gasteiger partial charge in [-0.25, -0.2) is 0 Å². The standard InChI is InChI=1S/C12H16N2OS/c1-2-4-12(15)14-8-11-7-10(9-16-11)5-3-6-13/h7,9H,2,4,6,8,13H2,1H3,(H,14,15). The molecule has 3 N–H and O–H groups in total. The smallest absolute Gasteiger partial charge is 0.220 e. The minimum atomic E-state index is 0.102. The van der Waals surface area contributed by atoms with Gasteiger partial charge in [0, 0.05) is 22.2 Å². The van der Waals surface area contributed by atoms with Gasteiger partial charge in [0.1, 0.15) is 0 Å². The molecule has 16 heavy (non-hydrogen) atoms. The molecule has 0 fully saturated rings. The van der Waals surface area contributed by atoms with Crippen LogP contribution in [0.1, 0.15) is 30.2 Å². The van der Waals surface area contributed by atoms with Gasteiger partial charge >= 0.3 is 0 Å². The summed E-state index contributed by atoms with van der Waals surface area (Å²) in [6.07, 6.45) is 1.47.